The van der Waals surface area contributed by atoms with E-state index in [1.54, 1.807) is 0 Å². The summed E-state index contributed by atoms with van der Waals surface area (Å²) < 4.78 is 11.2. The molecule has 0 fully saturated rings. The molecule has 2 atom stereocenters. The highest BCUT2D eigenvalue weighted by Gasteiger charge is 2.20. The van der Waals surface area contributed by atoms with Gasteiger partial charge in [0, 0.05) is 18.1 Å². The quantitative estimate of drug-likeness (QED) is 0.743. The van der Waals surface area contributed by atoms with Crippen molar-refractivity contribution in [3.8, 4) is 17.1 Å². The SMILES string of the molecule is CC1Cc2cc(-c3cc(CC(=O)NC(C)c4ccccc4)no3)ccc2O1. The second-order valence-electron chi connectivity index (χ2n) is 7.01. The fourth-order valence-electron chi connectivity index (χ4n) is 3.39. The largest absolute Gasteiger partial charge is 0.490 e. The lowest BCUT2D eigenvalue weighted by atomic mass is 10.0. The van der Waals surface area contributed by atoms with Gasteiger partial charge in [0.15, 0.2) is 5.76 Å². The molecule has 0 saturated heterocycles. The molecule has 0 bridgehead atoms. The maximum Gasteiger partial charge on any atom is 0.226 e. The summed E-state index contributed by atoms with van der Waals surface area (Å²) in [6.07, 6.45) is 1.28. The molecule has 2 heterocycles. The average Bonchev–Trinajstić information content (AvgIpc) is 3.27. The van der Waals surface area contributed by atoms with Gasteiger partial charge in [0.1, 0.15) is 11.9 Å². The van der Waals surface area contributed by atoms with Gasteiger partial charge in [0.2, 0.25) is 5.91 Å². The molecular weight excluding hydrogens is 340 g/mol. The first-order chi connectivity index (χ1) is 13.1. The summed E-state index contributed by atoms with van der Waals surface area (Å²) in [6.45, 7) is 4.02. The Morgan fingerprint density at radius 1 is 1.22 bits per heavy atom. The highest BCUT2D eigenvalue weighted by atomic mass is 16.5. The number of rotatable bonds is 5. The Kier molecular flexibility index (Phi) is 4.67. The average molecular weight is 362 g/mol. The van der Waals surface area contributed by atoms with Crippen LogP contribution in [0.4, 0.5) is 0 Å². The van der Waals surface area contributed by atoms with Crippen LogP contribution < -0.4 is 10.1 Å². The summed E-state index contributed by atoms with van der Waals surface area (Å²) in [5.41, 5.74) is 3.81. The van der Waals surface area contributed by atoms with E-state index in [9.17, 15) is 4.79 Å². The Hall–Kier alpha value is -3.08. The summed E-state index contributed by atoms with van der Waals surface area (Å²) in [6, 6.07) is 17.6. The summed E-state index contributed by atoms with van der Waals surface area (Å²) in [5.74, 6) is 1.51. The predicted molar refractivity (Wildman–Crippen MR) is 102 cm³/mol. The van der Waals surface area contributed by atoms with Crippen molar-refractivity contribution < 1.29 is 14.1 Å². The molecular formula is C22H22N2O3. The third-order valence-corrected chi connectivity index (χ3v) is 4.76. The second kappa shape index (κ2) is 7.27. The zero-order valence-corrected chi connectivity index (χ0v) is 15.4. The van der Waals surface area contributed by atoms with Crippen LogP contribution in [-0.2, 0) is 17.6 Å². The lowest BCUT2D eigenvalue weighted by molar-refractivity contribution is -0.121. The van der Waals surface area contributed by atoms with E-state index in [-0.39, 0.29) is 24.5 Å². The highest BCUT2D eigenvalue weighted by molar-refractivity contribution is 5.79. The fourth-order valence-corrected chi connectivity index (χ4v) is 3.39. The number of aromatic nitrogens is 1. The zero-order chi connectivity index (χ0) is 18.8. The topological polar surface area (TPSA) is 64.4 Å². The minimum absolute atomic E-state index is 0.0521. The molecule has 5 nitrogen and oxygen atoms in total. The first-order valence-corrected chi connectivity index (χ1v) is 9.18. The predicted octanol–water partition coefficient (Wildman–Crippen LogP) is 4.08. The molecule has 0 saturated carbocycles. The van der Waals surface area contributed by atoms with Crippen LogP contribution in [0.1, 0.15) is 36.7 Å². The van der Waals surface area contributed by atoms with Crippen molar-refractivity contribution >= 4 is 5.91 Å². The summed E-state index contributed by atoms with van der Waals surface area (Å²) in [4.78, 5) is 12.3. The van der Waals surface area contributed by atoms with Crippen LogP contribution in [0.3, 0.4) is 0 Å². The first-order valence-electron chi connectivity index (χ1n) is 9.18. The van der Waals surface area contributed by atoms with Crippen LogP contribution in [0.2, 0.25) is 0 Å². The van der Waals surface area contributed by atoms with Gasteiger partial charge in [-0.3, -0.25) is 4.79 Å². The molecule has 1 amide bonds. The van der Waals surface area contributed by atoms with Gasteiger partial charge in [-0.2, -0.15) is 0 Å². The van der Waals surface area contributed by atoms with E-state index in [2.05, 4.69) is 23.5 Å². The number of carbonyl (C=O) groups is 1. The van der Waals surface area contributed by atoms with Gasteiger partial charge >= 0.3 is 0 Å². The lowest BCUT2D eigenvalue weighted by Crippen LogP contribution is -2.28. The maximum absolute atomic E-state index is 12.3. The third-order valence-electron chi connectivity index (χ3n) is 4.76. The Balaban J connectivity index is 1.41. The Labute approximate surface area is 158 Å². The lowest BCUT2D eigenvalue weighted by Gasteiger charge is -2.13. The number of amides is 1. The summed E-state index contributed by atoms with van der Waals surface area (Å²) in [5, 5.41) is 7.05. The van der Waals surface area contributed by atoms with Crippen molar-refractivity contribution in [3.05, 3.63) is 71.4 Å². The van der Waals surface area contributed by atoms with E-state index in [0.717, 1.165) is 23.3 Å². The van der Waals surface area contributed by atoms with Crippen molar-refractivity contribution in [2.24, 2.45) is 0 Å². The van der Waals surface area contributed by atoms with Crippen molar-refractivity contribution in [1.82, 2.24) is 10.5 Å². The molecule has 27 heavy (non-hydrogen) atoms. The standard InChI is InChI=1S/C22H22N2O3/c1-14-10-18-11-17(8-9-20(18)26-14)21-12-19(24-27-21)13-22(25)23-15(2)16-6-4-3-5-7-16/h3-9,11-12,14-15H,10,13H2,1-2H3,(H,23,25). The second-order valence-corrected chi connectivity index (χ2v) is 7.01. The molecule has 5 heteroatoms. The van der Waals surface area contributed by atoms with Crippen LogP contribution in [0, 0.1) is 0 Å². The maximum atomic E-state index is 12.3. The van der Waals surface area contributed by atoms with E-state index in [0.29, 0.717) is 11.5 Å². The monoisotopic (exact) mass is 362 g/mol. The normalized spacial score (nSPS) is 16.4. The van der Waals surface area contributed by atoms with Crippen molar-refractivity contribution in [2.45, 2.75) is 38.8 Å². The Morgan fingerprint density at radius 3 is 2.85 bits per heavy atom. The van der Waals surface area contributed by atoms with Crippen LogP contribution >= 0.6 is 0 Å². The molecule has 0 spiro atoms. The van der Waals surface area contributed by atoms with E-state index >= 15 is 0 Å². The van der Waals surface area contributed by atoms with Crippen LogP contribution in [0.5, 0.6) is 5.75 Å². The number of nitrogens with one attached hydrogen (secondary N) is 1. The number of benzene rings is 2. The van der Waals surface area contributed by atoms with Crippen LogP contribution in [-0.4, -0.2) is 17.2 Å². The molecule has 2 unspecified atom stereocenters. The van der Waals surface area contributed by atoms with Gasteiger partial charge in [-0.05, 0) is 43.2 Å². The Bertz CT molecular complexity index is 949. The number of nitrogens with zero attached hydrogens (tertiary/aromatic N) is 1. The van der Waals surface area contributed by atoms with Gasteiger partial charge in [0.05, 0.1) is 18.2 Å². The molecule has 1 aliphatic heterocycles. The van der Waals surface area contributed by atoms with Gasteiger partial charge in [-0.1, -0.05) is 35.5 Å². The molecule has 0 aliphatic carbocycles. The van der Waals surface area contributed by atoms with Crippen LogP contribution in [0.15, 0.2) is 59.1 Å². The smallest absolute Gasteiger partial charge is 0.226 e. The number of fused-ring (bicyclic) bond motifs is 1. The van der Waals surface area contributed by atoms with Crippen LogP contribution in [0.25, 0.3) is 11.3 Å². The molecule has 1 N–H and O–H groups in total. The summed E-state index contributed by atoms with van der Waals surface area (Å²) >= 11 is 0. The first kappa shape index (κ1) is 17.3. The molecule has 4 rings (SSSR count). The molecule has 2 aromatic carbocycles. The zero-order valence-electron chi connectivity index (χ0n) is 15.4. The van der Waals surface area contributed by atoms with E-state index in [1.807, 2.05) is 55.5 Å². The Morgan fingerprint density at radius 2 is 2.04 bits per heavy atom. The molecule has 1 aliphatic rings. The van der Waals surface area contributed by atoms with Crippen molar-refractivity contribution in [1.29, 1.82) is 0 Å². The van der Waals surface area contributed by atoms with Gasteiger partial charge in [-0.25, -0.2) is 0 Å². The number of carbonyl (C=O) groups excluding carboxylic acids is 1. The van der Waals surface area contributed by atoms with Gasteiger partial charge < -0.3 is 14.6 Å². The number of ether oxygens (including phenoxy) is 1. The number of hydrogen-bond acceptors (Lipinski definition) is 4. The minimum Gasteiger partial charge on any atom is -0.490 e. The summed E-state index contributed by atoms with van der Waals surface area (Å²) in [7, 11) is 0. The van der Waals surface area contributed by atoms with E-state index in [4.69, 9.17) is 9.26 Å². The molecule has 1 aromatic heterocycles. The highest BCUT2D eigenvalue weighted by Crippen LogP contribution is 2.33. The fraction of sp³-hybridized carbons (Fsp3) is 0.273. The van der Waals surface area contributed by atoms with E-state index in [1.165, 1.54) is 5.56 Å². The minimum atomic E-state index is -0.0811. The third kappa shape index (κ3) is 3.87. The van der Waals surface area contributed by atoms with Gasteiger partial charge in [-0.15, -0.1) is 0 Å². The molecule has 138 valence electrons. The van der Waals surface area contributed by atoms with Crippen molar-refractivity contribution in [2.75, 3.05) is 0 Å². The molecule has 3 aromatic rings. The van der Waals surface area contributed by atoms with Crippen molar-refractivity contribution in [3.63, 3.8) is 0 Å². The van der Waals surface area contributed by atoms with E-state index < -0.39 is 0 Å². The van der Waals surface area contributed by atoms with Gasteiger partial charge in [0.25, 0.3) is 0 Å². The number of hydrogen-bond donors (Lipinski definition) is 1. The molecule has 0 radical (unpaired) electrons.